The number of hydrogen-bond donors (Lipinski definition) is 3. The lowest BCUT2D eigenvalue weighted by molar-refractivity contribution is 0.560. The second-order valence-electron chi connectivity index (χ2n) is 4.64. The van der Waals surface area contributed by atoms with Crippen molar-refractivity contribution in [1.29, 1.82) is 0 Å². The van der Waals surface area contributed by atoms with Crippen LogP contribution in [0.15, 0.2) is 22.7 Å². The number of rotatable bonds is 8. The van der Waals surface area contributed by atoms with Gasteiger partial charge in [0.25, 0.3) is 0 Å². The predicted octanol–water partition coefficient (Wildman–Crippen LogP) is 1.41. The molecule has 2 heterocycles. The highest BCUT2D eigenvalue weighted by atomic mass is 32.2. The molecule has 0 aliphatic heterocycles. The molecule has 0 fully saturated rings. The van der Waals surface area contributed by atoms with Gasteiger partial charge < -0.3 is 5.32 Å². The van der Waals surface area contributed by atoms with Gasteiger partial charge in [-0.2, -0.15) is 5.10 Å². The van der Waals surface area contributed by atoms with E-state index in [2.05, 4.69) is 32.1 Å². The fourth-order valence-electron chi connectivity index (χ4n) is 1.76. The van der Waals surface area contributed by atoms with Gasteiger partial charge in [-0.15, -0.1) is 11.3 Å². The third kappa shape index (κ3) is 4.34. The van der Waals surface area contributed by atoms with Crippen LogP contribution in [-0.4, -0.2) is 30.1 Å². The van der Waals surface area contributed by atoms with Crippen LogP contribution in [0.2, 0.25) is 0 Å². The minimum absolute atomic E-state index is 0.284. The van der Waals surface area contributed by atoms with Crippen molar-refractivity contribution in [1.82, 2.24) is 25.2 Å². The Bertz CT molecular complexity index is 651. The summed E-state index contributed by atoms with van der Waals surface area (Å²) in [6.07, 6.45) is 2.40. The summed E-state index contributed by atoms with van der Waals surface area (Å²) in [5.41, 5.74) is 0. The van der Waals surface area contributed by atoms with Gasteiger partial charge >= 0.3 is 0 Å². The van der Waals surface area contributed by atoms with Gasteiger partial charge in [-0.1, -0.05) is 6.92 Å². The lowest BCUT2D eigenvalue weighted by atomic mass is 10.3. The molecule has 7 nitrogen and oxygen atoms in total. The topological polar surface area (TPSA) is 99.8 Å². The Labute approximate surface area is 128 Å². The van der Waals surface area contributed by atoms with Crippen LogP contribution < -0.4 is 10.0 Å². The van der Waals surface area contributed by atoms with Crippen molar-refractivity contribution in [3.05, 3.63) is 28.5 Å². The molecule has 0 saturated heterocycles. The molecule has 21 heavy (non-hydrogen) atoms. The monoisotopic (exact) mass is 329 g/mol. The number of thiophene rings is 1. The van der Waals surface area contributed by atoms with E-state index < -0.39 is 16.1 Å². The molecule has 0 aliphatic rings. The van der Waals surface area contributed by atoms with Crippen molar-refractivity contribution in [3.8, 4) is 0 Å². The van der Waals surface area contributed by atoms with Crippen LogP contribution in [0.25, 0.3) is 0 Å². The minimum Gasteiger partial charge on any atom is -0.312 e. The van der Waals surface area contributed by atoms with Crippen molar-refractivity contribution in [2.75, 3.05) is 6.54 Å². The average Bonchev–Trinajstić information content (AvgIpc) is 3.10. The summed E-state index contributed by atoms with van der Waals surface area (Å²) in [6, 6.07) is 1.24. The first-order valence-electron chi connectivity index (χ1n) is 6.68. The van der Waals surface area contributed by atoms with Crippen LogP contribution in [0.3, 0.4) is 0 Å². The van der Waals surface area contributed by atoms with Gasteiger partial charge in [-0.3, -0.25) is 5.10 Å². The maximum Gasteiger partial charge on any atom is 0.242 e. The molecule has 0 saturated carbocycles. The standard InChI is InChI=1S/C12H19N5O2S2/c1-3-4-13-6-10-5-11(7-20-10)21(18,19)17-9(2)12-14-8-15-16-12/h5,7-9,13,17H,3-4,6H2,1-2H3,(H,14,15,16). The maximum atomic E-state index is 12.3. The van der Waals surface area contributed by atoms with Crippen LogP contribution in [-0.2, 0) is 16.6 Å². The summed E-state index contributed by atoms with van der Waals surface area (Å²) < 4.78 is 27.2. The van der Waals surface area contributed by atoms with Gasteiger partial charge in [0.05, 0.1) is 10.9 Å². The molecular formula is C12H19N5O2S2. The molecule has 0 radical (unpaired) electrons. The molecule has 116 valence electrons. The minimum atomic E-state index is -3.55. The normalized spacial score (nSPS) is 13.4. The summed E-state index contributed by atoms with van der Waals surface area (Å²) in [6.45, 7) is 5.41. The number of sulfonamides is 1. The van der Waals surface area contributed by atoms with Crippen molar-refractivity contribution in [2.24, 2.45) is 0 Å². The van der Waals surface area contributed by atoms with E-state index in [0.717, 1.165) is 17.8 Å². The number of H-pyrrole nitrogens is 1. The lowest BCUT2D eigenvalue weighted by Crippen LogP contribution is -2.27. The van der Waals surface area contributed by atoms with Crippen LogP contribution >= 0.6 is 11.3 Å². The first-order chi connectivity index (χ1) is 10.0. The van der Waals surface area contributed by atoms with Crippen molar-refractivity contribution >= 4 is 21.4 Å². The predicted molar refractivity (Wildman–Crippen MR) is 81.4 cm³/mol. The first-order valence-corrected chi connectivity index (χ1v) is 9.05. The highest BCUT2D eigenvalue weighted by Gasteiger charge is 2.21. The molecular weight excluding hydrogens is 310 g/mol. The fourth-order valence-corrected chi connectivity index (χ4v) is 4.21. The van der Waals surface area contributed by atoms with Gasteiger partial charge in [0.2, 0.25) is 10.0 Å². The smallest absolute Gasteiger partial charge is 0.242 e. The Morgan fingerprint density at radius 2 is 2.29 bits per heavy atom. The molecule has 0 bridgehead atoms. The van der Waals surface area contributed by atoms with E-state index in [9.17, 15) is 8.42 Å². The Kier molecular flexibility index (Phi) is 5.45. The van der Waals surface area contributed by atoms with Crippen LogP contribution in [0, 0.1) is 0 Å². The second kappa shape index (κ2) is 7.12. The molecule has 0 spiro atoms. The number of nitrogens with one attached hydrogen (secondary N) is 3. The van der Waals surface area contributed by atoms with E-state index in [4.69, 9.17) is 0 Å². The maximum absolute atomic E-state index is 12.3. The van der Waals surface area contributed by atoms with Gasteiger partial charge in [0, 0.05) is 16.8 Å². The first kappa shape index (κ1) is 16.1. The number of nitrogens with zero attached hydrogens (tertiary/aromatic N) is 2. The lowest BCUT2D eigenvalue weighted by Gasteiger charge is -2.10. The zero-order valence-electron chi connectivity index (χ0n) is 12.0. The van der Waals surface area contributed by atoms with E-state index >= 15 is 0 Å². The van der Waals surface area contributed by atoms with E-state index in [-0.39, 0.29) is 4.90 Å². The fraction of sp³-hybridized carbons (Fsp3) is 0.500. The largest absolute Gasteiger partial charge is 0.312 e. The summed E-state index contributed by atoms with van der Waals surface area (Å²) in [5, 5.41) is 11.3. The molecule has 2 rings (SSSR count). The molecule has 0 amide bonds. The third-order valence-electron chi connectivity index (χ3n) is 2.84. The second-order valence-corrected chi connectivity index (χ2v) is 7.35. The van der Waals surface area contributed by atoms with Crippen molar-refractivity contribution in [3.63, 3.8) is 0 Å². The van der Waals surface area contributed by atoms with E-state index in [1.807, 2.05) is 0 Å². The Morgan fingerprint density at radius 1 is 1.48 bits per heavy atom. The van der Waals surface area contributed by atoms with Crippen LogP contribution in [0.4, 0.5) is 0 Å². The Balaban J connectivity index is 2.02. The zero-order chi connectivity index (χ0) is 15.3. The zero-order valence-corrected chi connectivity index (χ0v) is 13.6. The Hall–Kier alpha value is -1.29. The summed E-state index contributed by atoms with van der Waals surface area (Å²) >= 11 is 1.43. The third-order valence-corrected chi connectivity index (χ3v) is 5.45. The highest BCUT2D eigenvalue weighted by molar-refractivity contribution is 7.89. The van der Waals surface area contributed by atoms with Crippen LogP contribution in [0.1, 0.15) is 37.0 Å². The van der Waals surface area contributed by atoms with Gasteiger partial charge in [-0.25, -0.2) is 18.1 Å². The number of aromatic amines is 1. The van der Waals surface area contributed by atoms with E-state index in [0.29, 0.717) is 12.4 Å². The van der Waals surface area contributed by atoms with Gasteiger partial charge in [-0.05, 0) is 26.0 Å². The number of hydrogen-bond acceptors (Lipinski definition) is 6. The molecule has 1 atom stereocenters. The number of aromatic nitrogens is 3. The van der Waals surface area contributed by atoms with Crippen molar-refractivity contribution in [2.45, 2.75) is 37.8 Å². The van der Waals surface area contributed by atoms with E-state index in [1.54, 1.807) is 18.4 Å². The molecule has 3 N–H and O–H groups in total. The summed E-state index contributed by atoms with van der Waals surface area (Å²) in [5.74, 6) is 0.485. The van der Waals surface area contributed by atoms with Crippen LogP contribution in [0.5, 0.6) is 0 Å². The quantitative estimate of drug-likeness (QED) is 0.636. The Morgan fingerprint density at radius 3 is 2.95 bits per heavy atom. The molecule has 2 aromatic heterocycles. The van der Waals surface area contributed by atoms with Crippen molar-refractivity contribution < 1.29 is 8.42 Å². The highest BCUT2D eigenvalue weighted by Crippen LogP contribution is 2.20. The molecule has 2 aromatic rings. The average molecular weight is 329 g/mol. The molecule has 0 aliphatic carbocycles. The molecule has 9 heteroatoms. The van der Waals surface area contributed by atoms with E-state index in [1.165, 1.54) is 17.7 Å². The molecule has 0 aromatic carbocycles. The summed E-state index contributed by atoms with van der Waals surface area (Å²) in [4.78, 5) is 5.23. The summed E-state index contributed by atoms with van der Waals surface area (Å²) in [7, 11) is -3.55. The molecule has 1 unspecified atom stereocenters. The van der Waals surface area contributed by atoms with Gasteiger partial charge in [0.15, 0.2) is 0 Å². The SMILES string of the molecule is CCCNCc1cc(S(=O)(=O)NC(C)c2ncn[nH]2)cs1. The van der Waals surface area contributed by atoms with Gasteiger partial charge in [0.1, 0.15) is 12.2 Å².